The van der Waals surface area contributed by atoms with Crippen LogP contribution in [0.25, 0.3) is 0 Å². The summed E-state index contributed by atoms with van der Waals surface area (Å²) in [5, 5.41) is 9.87. The number of methoxy groups -OCH3 is 2. The van der Waals surface area contributed by atoms with Crippen LogP contribution in [0.5, 0.6) is 0 Å². The number of nitro benzene ring substituents is 1. The topological polar surface area (TPSA) is 148 Å². The van der Waals surface area contributed by atoms with Crippen LogP contribution in [0, 0.1) is 10.1 Å². The maximum Gasteiger partial charge on any atom is 0.369 e. The summed E-state index contributed by atoms with van der Waals surface area (Å²) in [5.41, 5.74) is -1.41. The quantitative estimate of drug-likeness (QED) is 0.0794. The van der Waals surface area contributed by atoms with Gasteiger partial charge in [0, 0.05) is 17.7 Å². The molecule has 11 nitrogen and oxygen atoms in total. The number of carbonyl (C=O) groups excluding carboxylic acids is 3. The molecule has 0 atom stereocenters. The van der Waals surface area contributed by atoms with Crippen molar-refractivity contribution in [3.05, 3.63) is 50.8 Å². The van der Waals surface area contributed by atoms with E-state index < -0.39 is 41.1 Å². The largest absolute Gasteiger partial charge is 0.465 e. The lowest BCUT2D eigenvalue weighted by atomic mass is 10.0. The van der Waals surface area contributed by atoms with Gasteiger partial charge >= 0.3 is 19.5 Å². The highest BCUT2D eigenvalue weighted by Gasteiger charge is 2.43. The number of ether oxygens (including phenoxy) is 2. The molecule has 1 rings (SSSR count). The number of nitro groups is 1. The summed E-state index contributed by atoms with van der Waals surface area (Å²) in [6.07, 6.45) is 0. The van der Waals surface area contributed by atoms with E-state index in [-0.39, 0.29) is 24.5 Å². The molecule has 1 aromatic rings. The van der Waals surface area contributed by atoms with E-state index >= 15 is 0 Å². The van der Waals surface area contributed by atoms with E-state index in [2.05, 4.69) is 9.47 Å². The Morgan fingerprint density at radius 3 is 1.83 bits per heavy atom. The number of nitrogens with zero attached hydrogens (tertiary/aromatic N) is 1. The van der Waals surface area contributed by atoms with Crippen LogP contribution in [0.4, 0.5) is 5.69 Å². The summed E-state index contributed by atoms with van der Waals surface area (Å²) < 4.78 is 32.6. The molecule has 0 heterocycles. The van der Waals surface area contributed by atoms with Crippen molar-refractivity contribution in [2.75, 3.05) is 27.4 Å². The molecule has 0 bridgehead atoms. The highest BCUT2D eigenvalue weighted by Crippen LogP contribution is 2.57. The lowest BCUT2D eigenvalue weighted by Gasteiger charge is -2.20. The van der Waals surface area contributed by atoms with Crippen molar-refractivity contribution >= 4 is 31.0 Å². The average Bonchev–Trinajstić information content (AvgIpc) is 2.70. The van der Waals surface area contributed by atoms with Crippen LogP contribution in [-0.2, 0) is 32.7 Å². The fourth-order valence-corrected chi connectivity index (χ4v) is 4.03. The van der Waals surface area contributed by atoms with E-state index in [9.17, 15) is 29.1 Å². The maximum atomic E-state index is 13.2. The van der Waals surface area contributed by atoms with E-state index in [1.807, 2.05) is 0 Å². The van der Waals surface area contributed by atoms with E-state index in [4.69, 9.17) is 9.05 Å². The number of hydrogen-bond donors (Lipinski definition) is 0. The number of rotatable bonds is 10. The molecule has 0 amide bonds. The normalized spacial score (nSPS) is 12.0. The van der Waals surface area contributed by atoms with Gasteiger partial charge in [-0.25, -0.2) is 9.59 Å². The Kier molecular flexibility index (Phi) is 8.84. The monoisotopic (exact) mass is 429 g/mol. The molecule has 0 saturated carbocycles. The van der Waals surface area contributed by atoms with Crippen molar-refractivity contribution in [1.82, 2.24) is 0 Å². The molecule has 12 heteroatoms. The van der Waals surface area contributed by atoms with E-state index in [0.717, 1.165) is 38.5 Å². The first-order chi connectivity index (χ1) is 13.7. The number of ketones is 1. The predicted molar refractivity (Wildman–Crippen MR) is 99.3 cm³/mol. The van der Waals surface area contributed by atoms with Crippen LogP contribution in [0.3, 0.4) is 0 Å². The molecule has 29 heavy (non-hydrogen) atoms. The number of carbonyl (C=O) groups is 3. The molecule has 0 aliphatic rings. The molecule has 0 N–H and O–H groups in total. The predicted octanol–water partition coefficient (Wildman–Crippen LogP) is 2.64. The van der Waals surface area contributed by atoms with Gasteiger partial charge in [0.05, 0.1) is 32.4 Å². The fraction of sp³-hybridized carbons (Fsp3) is 0.353. The fourth-order valence-electron chi connectivity index (χ4n) is 2.23. The third-order valence-electron chi connectivity index (χ3n) is 3.44. The summed E-state index contributed by atoms with van der Waals surface area (Å²) in [4.78, 5) is 47.8. The standard InChI is InChI=1S/C17H20NO10P/c1-5-27-29(24,28-6-2)15(17(21)26-4)13(16(20)25-3)14(19)11-7-9-12(10-8-11)18(22)23/h7-10H,5-6H2,1-4H3/b15-13+. The molecule has 158 valence electrons. The Morgan fingerprint density at radius 2 is 1.45 bits per heavy atom. The number of esters is 2. The van der Waals surface area contributed by atoms with Crippen LogP contribution >= 0.6 is 7.60 Å². The second kappa shape index (κ2) is 10.6. The van der Waals surface area contributed by atoms with Crippen molar-refractivity contribution in [1.29, 1.82) is 0 Å². The molecule has 1 aromatic carbocycles. The van der Waals surface area contributed by atoms with Gasteiger partial charge in [-0.05, 0) is 26.0 Å². The summed E-state index contributed by atoms with van der Waals surface area (Å²) in [7, 11) is -2.54. The summed E-state index contributed by atoms with van der Waals surface area (Å²) in [6, 6.07) is 4.21. The SMILES string of the molecule is CCOP(=O)(OCC)/C(C(=O)OC)=C(/C(=O)OC)C(=O)c1ccc([N+](=O)[O-])cc1. The Morgan fingerprint density at radius 1 is 0.966 bits per heavy atom. The summed E-state index contributed by atoms with van der Waals surface area (Å²) in [6.45, 7) is 2.60. The number of hydrogen-bond acceptors (Lipinski definition) is 10. The number of Topliss-reactive ketones (excluding diaryl/α,β-unsaturated/α-hetero) is 1. The molecular formula is C17H20NO10P. The molecule has 0 radical (unpaired) electrons. The van der Waals surface area contributed by atoms with Gasteiger partial charge in [0.1, 0.15) is 5.57 Å². The first kappa shape index (κ1) is 24.2. The lowest BCUT2D eigenvalue weighted by Crippen LogP contribution is -2.22. The first-order valence-electron chi connectivity index (χ1n) is 8.26. The van der Waals surface area contributed by atoms with Gasteiger partial charge in [-0.3, -0.25) is 19.5 Å². The number of benzene rings is 1. The minimum absolute atomic E-state index is 0.169. The van der Waals surface area contributed by atoms with Crippen LogP contribution in [0.2, 0.25) is 0 Å². The Hall–Kier alpha value is -2.88. The van der Waals surface area contributed by atoms with Crippen LogP contribution in [0.15, 0.2) is 35.2 Å². The Balaban J connectivity index is 3.79. The highest BCUT2D eigenvalue weighted by molar-refractivity contribution is 7.60. The first-order valence-corrected chi connectivity index (χ1v) is 9.80. The number of non-ortho nitro benzene ring substituents is 1. The zero-order valence-electron chi connectivity index (χ0n) is 16.2. The van der Waals surface area contributed by atoms with Gasteiger partial charge < -0.3 is 18.5 Å². The molecule has 0 spiro atoms. The van der Waals surface area contributed by atoms with E-state index in [1.54, 1.807) is 0 Å². The maximum absolute atomic E-state index is 13.2. The zero-order valence-corrected chi connectivity index (χ0v) is 17.1. The van der Waals surface area contributed by atoms with Gasteiger partial charge in [0.25, 0.3) is 5.69 Å². The molecule has 0 aliphatic heterocycles. The van der Waals surface area contributed by atoms with Crippen molar-refractivity contribution < 1.29 is 42.4 Å². The van der Waals surface area contributed by atoms with Crippen LogP contribution in [0.1, 0.15) is 24.2 Å². The average molecular weight is 429 g/mol. The Labute approximate surface area is 166 Å². The van der Waals surface area contributed by atoms with Gasteiger partial charge in [-0.2, -0.15) is 0 Å². The minimum atomic E-state index is -4.45. The zero-order chi connectivity index (χ0) is 22.2. The van der Waals surface area contributed by atoms with Gasteiger partial charge in [0.2, 0.25) is 5.78 Å². The van der Waals surface area contributed by atoms with Gasteiger partial charge in [0.15, 0.2) is 5.31 Å². The third kappa shape index (κ3) is 5.57. The van der Waals surface area contributed by atoms with Gasteiger partial charge in [-0.1, -0.05) is 0 Å². The third-order valence-corrected chi connectivity index (χ3v) is 5.59. The summed E-state index contributed by atoms with van der Waals surface area (Å²) >= 11 is 0. The second-order valence-electron chi connectivity index (χ2n) is 5.17. The molecule has 0 saturated heterocycles. The highest BCUT2D eigenvalue weighted by atomic mass is 31.2. The van der Waals surface area contributed by atoms with Crippen molar-refractivity contribution in [3.63, 3.8) is 0 Å². The molecule has 0 aliphatic carbocycles. The smallest absolute Gasteiger partial charge is 0.369 e. The second-order valence-corrected chi connectivity index (χ2v) is 7.13. The molecule has 0 aromatic heterocycles. The minimum Gasteiger partial charge on any atom is -0.465 e. The summed E-state index contributed by atoms with van der Waals surface area (Å²) in [5.74, 6) is -3.65. The molecular weight excluding hydrogens is 409 g/mol. The van der Waals surface area contributed by atoms with Crippen LogP contribution in [-0.4, -0.2) is 50.1 Å². The van der Waals surface area contributed by atoms with Crippen molar-refractivity contribution in [2.24, 2.45) is 0 Å². The molecule has 0 unspecified atom stereocenters. The van der Waals surface area contributed by atoms with Crippen LogP contribution < -0.4 is 0 Å². The van der Waals surface area contributed by atoms with E-state index in [1.165, 1.54) is 13.8 Å². The Bertz CT molecular complexity index is 865. The van der Waals surface area contributed by atoms with Gasteiger partial charge in [-0.15, -0.1) is 0 Å². The molecule has 0 fully saturated rings. The van der Waals surface area contributed by atoms with Crippen molar-refractivity contribution in [3.8, 4) is 0 Å². The lowest BCUT2D eigenvalue weighted by molar-refractivity contribution is -0.384. The van der Waals surface area contributed by atoms with Crippen molar-refractivity contribution in [2.45, 2.75) is 13.8 Å². The van der Waals surface area contributed by atoms with E-state index in [0.29, 0.717) is 0 Å².